The maximum Gasteiger partial charge on any atom is 0.280 e. The van der Waals surface area contributed by atoms with Gasteiger partial charge in [-0.1, -0.05) is 44.4 Å². The first-order valence-corrected chi connectivity index (χ1v) is 23.1. The molecule has 5 aliphatic rings. The number of nitrogens with one attached hydrogen (secondary N) is 4. The Labute approximate surface area is 376 Å². The van der Waals surface area contributed by atoms with Crippen molar-refractivity contribution in [3.8, 4) is 0 Å². The topological polar surface area (TPSA) is 176 Å². The number of pyridine rings is 1. The zero-order valence-corrected chi connectivity index (χ0v) is 37.5. The van der Waals surface area contributed by atoms with Gasteiger partial charge in [-0.15, -0.1) is 0 Å². The van der Waals surface area contributed by atoms with E-state index < -0.39 is 6.04 Å². The summed E-state index contributed by atoms with van der Waals surface area (Å²) in [6.07, 6.45) is 10.3. The number of carbonyl (C=O) groups excluding carboxylic acids is 4. The lowest BCUT2D eigenvalue weighted by Crippen LogP contribution is -2.52. The molecule has 15 heteroatoms. The molecule has 4 amide bonds. The lowest BCUT2D eigenvalue weighted by atomic mass is 9.98. The molecule has 2 bridgehead atoms. The standard InChI is InChI=1S/C49H62N10O5/c1-32-11-10-24-64-47(51-3)38(28-50)41-27-36(25-33(2)52-41)45(61)55-49-53-40-16-15-34(26-43(40)59(49)29-32)30-57-22-20-56(21-23-57)19-8-6-4-5-7-12-35-13-9-14-37-39(35)31-58(48(37)63)42-17-18-44(60)54-46(42)62/h9,13-16,25-28,32,42,50-51H,4-8,10-12,17-24,29-31H2,1-3H3,(H,53,55,61)(H,54,60,62)/b47-38-,50-28?/t32-,42?/m1/s1. The number of aliphatic imine (C=N–C) groups is 1. The van der Waals surface area contributed by atoms with Crippen LogP contribution in [0.5, 0.6) is 0 Å². The first-order chi connectivity index (χ1) is 31.1. The summed E-state index contributed by atoms with van der Waals surface area (Å²) in [6.45, 7) is 11.8. The number of benzene rings is 2. The molecule has 0 radical (unpaired) electrons. The number of nitrogens with zero attached hydrogens (tertiary/aromatic N) is 6. The zero-order chi connectivity index (χ0) is 44.7. The van der Waals surface area contributed by atoms with Gasteiger partial charge in [0.1, 0.15) is 6.04 Å². The van der Waals surface area contributed by atoms with Gasteiger partial charge in [-0.2, -0.15) is 4.99 Å². The number of amides is 4. The van der Waals surface area contributed by atoms with Crippen LogP contribution < -0.4 is 20.9 Å². The molecule has 5 aliphatic heterocycles. The van der Waals surface area contributed by atoms with Crippen molar-refractivity contribution in [2.24, 2.45) is 10.9 Å². The highest BCUT2D eigenvalue weighted by Gasteiger charge is 2.39. The number of guanidine groups is 1. The quantitative estimate of drug-likeness (QED) is 0.0919. The van der Waals surface area contributed by atoms with Gasteiger partial charge in [-0.05, 0) is 105 Å². The van der Waals surface area contributed by atoms with Gasteiger partial charge in [0, 0.05) is 82.3 Å². The van der Waals surface area contributed by atoms with Crippen molar-refractivity contribution < 1.29 is 23.9 Å². The van der Waals surface area contributed by atoms with E-state index in [1.165, 1.54) is 36.6 Å². The molecule has 2 saturated heterocycles. The van der Waals surface area contributed by atoms with E-state index in [9.17, 15) is 19.2 Å². The number of piperazine rings is 1. The van der Waals surface area contributed by atoms with Crippen LogP contribution in [0.1, 0.15) is 114 Å². The predicted molar refractivity (Wildman–Crippen MR) is 248 cm³/mol. The summed E-state index contributed by atoms with van der Waals surface area (Å²) in [7, 11) is 1.76. The van der Waals surface area contributed by atoms with Gasteiger partial charge in [0.2, 0.25) is 17.8 Å². The first kappa shape index (κ1) is 44.7. The highest BCUT2D eigenvalue weighted by atomic mass is 16.5. The van der Waals surface area contributed by atoms with Gasteiger partial charge in [0.05, 0.1) is 29.2 Å². The first-order valence-electron chi connectivity index (χ1n) is 23.1. The molecule has 2 atom stereocenters. The second-order valence-electron chi connectivity index (χ2n) is 17.9. The maximum absolute atomic E-state index is 13.8. The van der Waals surface area contributed by atoms with E-state index in [1.54, 1.807) is 24.1 Å². The van der Waals surface area contributed by atoms with Crippen LogP contribution in [0.4, 0.5) is 11.4 Å². The molecule has 1 unspecified atom stereocenters. The number of ether oxygens (including phenoxy) is 1. The van der Waals surface area contributed by atoms with Crippen LogP contribution in [0.25, 0.3) is 5.57 Å². The third-order valence-electron chi connectivity index (χ3n) is 13.2. The third kappa shape index (κ3) is 10.2. The maximum atomic E-state index is 13.8. The molecule has 338 valence electrons. The molecule has 2 aromatic carbocycles. The number of anilines is 2. The van der Waals surface area contributed by atoms with Gasteiger partial charge >= 0.3 is 0 Å². The lowest BCUT2D eigenvalue weighted by Gasteiger charge is -2.34. The van der Waals surface area contributed by atoms with Crippen LogP contribution in [0.2, 0.25) is 0 Å². The number of aryl methyl sites for hydroxylation is 2. The average molecular weight is 871 g/mol. The van der Waals surface area contributed by atoms with E-state index >= 15 is 0 Å². The van der Waals surface area contributed by atoms with Gasteiger partial charge in [-0.3, -0.25) is 34.4 Å². The van der Waals surface area contributed by atoms with E-state index in [-0.39, 0.29) is 36.0 Å². The lowest BCUT2D eigenvalue weighted by molar-refractivity contribution is -0.136. The van der Waals surface area contributed by atoms with Crippen molar-refractivity contribution in [2.45, 2.75) is 97.2 Å². The van der Waals surface area contributed by atoms with Crippen molar-refractivity contribution in [1.29, 1.82) is 5.41 Å². The highest BCUT2D eigenvalue weighted by Crippen LogP contribution is 2.36. The Morgan fingerprint density at radius 2 is 1.73 bits per heavy atom. The number of imide groups is 1. The summed E-state index contributed by atoms with van der Waals surface area (Å²) in [5, 5.41) is 17.0. The molecule has 64 heavy (non-hydrogen) atoms. The van der Waals surface area contributed by atoms with E-state index in [1.807, 2.05) is 19.1 Å². The number of piperidine rings is 1. The molecule has 2 fully saturated rings. The number of rotatable bonds is 13. The normalized spacial score (nSPS) is 22.9. The predicted octanol–water partition coefficient (Wildman–Crippen LogP) is 5.87. The van der Waals surface area contributed by atoms with E-state index in [2.05, 4.69) is 71.8 Å². The SMILES string of the molecule is CN/C1=C(\C=N)c2cc(cc(C)n2)C(=O)/N=C2\Nc3ccc(CN4CCN(CCCCCCCc5cccc6c5CN(C5CCC(=O)NC5=O)C6=O)CC4)cc3N2C[C@H](C)CCCO1. The minimum absolute atomic E-state index is 0.109. The van der Waals surface area contributed by atoms with Gasteiger partial charge in [0.25, 0.3) is 11.8 Å². The van der Waals surface area contributed by atoms with Crippen molar-refractivity contribution in [3.05, 3.63) is 93.6 Å². The largest absolute Gasteiger partial charge is 0.479 e. The van der Waals surface area contributed by atoms with Crippen LogP contribution in [0.3, 0.4) is 0 Å². The molecule has 4 N–H and O–H groups in total. The molecule has 15 nitrogen and oxygen atoms in total. The van der Waals surface area contributed by atoms with Crippen molar-refractivity contribution in [2.75, 3.05) is 63.1 Å². The molecule has 6 heterocycles. The second-order valence-corrected chi connectivity index (χ2v) is 17.9. The number of hydrogen-bond acceptors (Lipinski definition) is 12. The van der Waals surface area contributed by atoms with Crippen LogP contribution in [0, 0.1) is 18.3 Å². The summed E-state index contributed by atoms with van der Waals surface area (Å²) in [5.74, 6) is 0.148. The van der Waals surface area contributed by atoms with Crippen molar-refractivity contribution >= 4 is 52.8 Å². The van der Waals surface area contributed by atoms with E-state index in [0.717, 1.165) is 88.3 Å². The van der Waals surface area contributed by atoms with Crippen LogP contribution >= 0.6 is 0 Å². The number of hydrogen-bond donors (Lipinski definition) is 4. The summed E-state index contributed by atoms with van der Waals surface area (Å²) in [5.41, 5.74) is 8.14. The van der Waals surface area contributed by atoms with E-state index in [0.29, 0.717) is 66.0 Å². The zero-order valence-electron chi connectivity index (χ0n) is 37.5. The average Bonchev–Trinajstić information content (AvgIpc) is 3.79. The Bertz CT molecular complexity index is 2340. The second kappa shape index (κ2) is 20.3. The molecular weight excluding hydrogens is 809 g/mol. The van der Waals surface area contributed by atoms with Gasteiger partial charge < -0.3 is 35.5 Å². The smallest absolute Gasteiger partial charge is 0.280 e. The summed E-state index contributed by atoms with van der Waals surface area (Å²) in [6, 6.07) is 15.3. The van der Waals surface area contributed by atoms with Crippen LogP contribution in [-0.4, -0.2) is 114 Å². The fourth-order valence-electron chi connectivity index (χ4n) is 9.71. The minimum atomic E-state index is -0.584. The summed E-state index contributed by atoms with van der Waals surface area (Å²) < 4.78 is 6.11. The minimum Gasteiger partial charge on any atom is -0.479 e. The van der Waals surface area contributed by atoms with Crippen molar-refractivity contribution in [1.82, 2.24) is 30.3 Å². The third-order valence-corrected chi connectivity index (χ3v) is 13.2. The Hall–Kier alpha value is -5.93. The number of fused-ring (bicyclic) bond motifs is 6. The van der Waals surface area contributed by atoms with Gasteiger partial charge in [-0.25, -0.2) is 0 Å². The Morgan fingerprint density at radius 3 is 2.53 bits per heavy atom. The highest BCUT2D eigenvalue weighted by molar-refractivity contribution is 6.19. The fraction of sp³-hybridized carbons (Fsp3) is 0.490. The molecule has 0 spiro atoms. The molecule has 3 aromatic rings. The Morgan fingerprint density at radius 1 is 0.938 bits per heavy atom. The number of aromatic nitrogens is 1. The molecular formula is C49H62N10O5. The van der Waals surface area contributed by atoms with Crippen LogP contribution in [-0.2, 0) is 33.8 Å². The Kier molecular flexibility index (Phi) is 14.2. The fourth-order valence-corrected chi connectivity index (χ4v) is 9.71. The monoisotopic (exact) mass is 870 g/mol. The number of carbonyl (C=O) groups is 4. The summed E-state index contributed by atoms with van der Waals surface area (Å²) in [4.78, 5) is 69.3. The molecule has 0 saturated carbocycles. The molecule has 1 aromatic heterocycles. The summed E-state index contributed by atoms with van der Waals surface area (Å²) >= 11 is 0. The Balaban J connectivity index is 0.802. The number of unbranched alkanes of at least 4 members (excludes halogenated alkanes) is 4. The molecule has 8 rings (SSSR count). The number of allylic oxidation sites excluding steroid dienone is 1. The van der Waals surface area contributed by atoms with Crippen LogP contribution in [0.15, 0.2) is 59.4 Å². The van der Waals surface area contributed by atoms with Crippen molar-refractivity contribution in [3.63, 3.8) is 0 Å². The van der Waals surface area contributed by atoms with Gasteiger partial charge in [0.15, 0.2) is 5.88 Å². The van der Waals surface area contributed by atoms with E-state index in [4.69, 9.17) is 10.1 Å². The molecule has 0 aliphatic carbocycles.